The van der Waals surface area contributed by atoms with Gasteiger partial charge >= 0.3 is 0 Å². The number of ether oxygens (including phenoxy) is 1. The standard InChI is InChI=1S/C14H24N2O3S/c1-5-8-12(11-19-4)15-13-9-6-7-10-14(13)20(17,18)16(2)3/h6-7,9-10,12,15H,5,8,11H2,1-4H3. The number of hydrogen-bond acceptors (Lipinski definition) is 4. The highest BCUT2D eigenvalue weighted by Crippen LogP contribution is 2.24. The fourth-order valence-corrected chi connectivity index (χ4v) is 3.02. The lowest BCUT2D eigenvalue weighted by atomic mass is 10.1. The van der Waals surface area contributed by atoms with Gasteiger partial charge < -0.3 is 10.1 Å². The van der Waals surface area contributed by atoms with Crippen LogP contribution in [0.4, 0.5) is 5.69 Å². The average Bonchev–Trinajstić information content (AvgIpc) is 2.39. The van der Waals surface area contributed by atoms with Crippen molar-refractivity contribution in [3.05, 3.63) is 24.3 Å². The van der Waals surface area contributed by atoms with Crippen molar-refractivity contribution >= 4 is 15.7 Å². The van der Waals surface area contributed by atoms with Crippen LogP contribution in [0, 0.1) is 0 Å². The van der Waals surface area contributed by atoms with E-state index in [0.29, 0.717) is 17.2 Å². The zero-order chi connectivity index (χ0) is 15.2. The maximum atomic E-state index is 12.3. The summed E-state index contributed by atoms with van der Waals surface area (Å²) < 4.78 is 31.0. The minimum Gasteiger partial charge on any atom is -0.383 e. The predicted molar refractivity (Wildman–Crippen MR) is 81.5 cm³/mol. The zero-order valence-corrected chi connectivity index (χ0v) is 13.4. The van der Waals surface area contributed by atoms with E-state index in [9.17, 15) is 8.42 Å². The van der Waals surface area contributed by atoms with Crippen molar-refractivity contribution in [2.45, 2.75) is 30.7 Å². The van der Waals surface area contributed by atoms with E-state index in [0.717, 1.165) is 12.8 Å². The van der Waals surface area contributed by atoms with E-state index in [1.165, 1.54) is 18.4 Å². The molecule has 6 heteroatoms. The van der Waals surface area contributed by atoms with Gasteiger partial charge in [-0.25, -0.2) is 12.7 Å². The summed E-state index contributed by atoms with van der Waals surface area (Å²) in [6.45, 7) is 2.64. The van der Waals surface area contributed by atoms with Gasteiger partial charge in [-0.2, -0.15) is 0 Å². The minimum absolute atomic E-state index is 0.100. The van der Waals surface area contributed by atoms with Crippen LogP contribution in [-0.2, 0) is 14.8 Å². The van der Waals surface area contributed by atoms with Crippen LogP contribution in [-0.4, -0.2) is 46.6 Å². The van der Waals surface area contributed by atoms with Gasteiger partial charge in [0, 0.05) is 27.2 Å². The predicted octanol–water partition coefficient (Wildman–Crippen LogP) is 2.16. The Kier molecular flexibility index (Phi) is 6.45. The first-order chi connectivity index (χ1) is 9.43. The lowest BCUT2D eigenvalue weighted by Gasteiger charge is -2.21. The molecule has 0 aliphatic rings. The topological polar surface area (TPSA) is 58.6 Å². The van der Waals surface area contributed by atoms with Gasteiger partial charge in [0.05, 0.1) is 12.3 Å². The number of nitrogens with zero attached hydrogens (tertiary/aromatic N) is 1. The molecule has 0 saturated carbocycles. The average molecular weight is 300 g/mol. The molecule has 0 heterocycles. The number of benzene rings is 1. The lowest BCUT2D eigenvalue weighted by molar-refractivity contribution is 0.182. The second-order valence-corrected chi connectivity index (χ2v) is 6.99. The number of sulfonamides is 1. The summed E-state index contributed by atoms with van der Waals surface area (Å²) >= 11 is 0. The first-order valence-electron chi connectivity index (χ1n) is 6.70. The molecule has 0 aliphatic heterocycles. The molecule has 0 saturated heterocycles. The van der Waals surface area contributed by atoms with E-state index < -0.39 is 10.0 Å². The van der Waals surface area contributed by atoms with Gasteiger partial charge in [0.15, 0.2) is 0 Å². The Hall–Kier alpha value is -1.11. The van der Waals surface area contributed by atoms with Crippen LogP contribution >= 0.6 is 0 Å². The van der Waals surface area contributed by atoms with Gasteiger partial charge in [0.1, 0.15) is 4.90 Å². The third-order valence-electron chi connectivity index (χ3n) is 3.01. The molecule has 0 spiro atoms. The van der Waals surface area contributed by atoms with E-state index in [1.807, 2.05) is 6.07 Å². The van der Waals surface area contributed by atoms with E-state index in [-0.39, 0.29) is 6.04 Å². The molecule has 1 aromatic carbocycles. The molecule has 1 N–H and O–H groups in total. The highest BCUT2D eigenvalue weighted by Gasteiger charge is 2.22. The minimum atomic E-state index is -3.45. The van der Waals surface area contributed by atoms with Crippen molar-refractivity contribution in [2.24, 2.45) is 0 Å². The first kappa shape index (κ1) is 16.9. The van der Waals surface area contributed by atoms with Gasteiger partial charge in [0.25, 0.3) is 0 Å². The highest BCUT2D eigenvalue weighted by atomic mass is 32.2. The van der Waals surface area contributed by atoms with Crippen molar-refractivity contribution in [1.82, 2.24) is 4.31 Å². The second kappa shape index (κ2) is 7.61. The number of anilines is 1. The molecular weight excluding hydrogens is 276 g/mol. The Morgan fingerprint density at radius 1 is 1.30 bits per heavy atom. The molecule has 0 amide bonds. The van der Waals surface area contributed by atoms with Crippen molar-refractivity contribution in [2.75, 3.05) is 33.1 Å². The molecule has 0 aromatic heterocycles. The summed E-state index contributed by atoms with van der Waals surface area (Å²) in [7, 11) is 1.26. The highest BCUT2D eigenvalue weighted by molar-refractivity contribution is 7.89. The summed E-state index contributed by atoms with van der Waals surface area (Å²) in [6.07, 6.45) is 1.92. The third kappa shape index (κ3) is 4.19. The number of methoxy groups -OCH3 is 1. The van der Waals surface area contributed by atoms with Crippen LogP contribution in [0.2, 0.25) is 0 Å². The van der Waals surface area contributed by atoms with Gasteiger partial charge in [-0.05, 0) is 18.6 Å². The monoisotopic (exact) mass is 300 g/mol. The Labute approximate surface area is 122 Å². The summed E-state index contributed by atoms with van der Waals surface area (Å²) in [4.78, 5) is 0.294. The maximum absolute atomic E-state index is 12.3. The Morgan fingerprint density at radius 3 is 2.50 bits per heavy atom. The molecule has 1 aromatic rings. The molecule has 1 rings (SSSR count). The molecule has 1 atom stereocenters. The summed E-state index contributed by atoms with van der Waals surface area (Å²) in [5.41, 5.74) is 0.622. The largest absolute Gasteiger partial charge is 0.383 e. The van der Waals surface area contributed by atoms with Crippen molar-refractivity contribution in [3.63, 3.8) is 0 Å². The Bertz CT molecular complexity index is 509. The smallest absolute Gasteiger partial charge is 0.244 e. The summed E-state index contributed by atoms with van der Waals surface area (Å²) in [5.74, 6) is 0. The van der Waals surface area contributed by atoms with Gasteiger partial charge in [-0.15, -0.1) is 0 Å². The third-order valence-corrected chi connectivity index (χ3v) is 4.88. The van der Waals surface area contributed by atoms with E-state index in [1.54, 1.807) is 25.3 Å². The lowest BCUT2D eigenvalue weighted by Crippen LogP contribution is -2.28. The van der Waals surface area contributed by atoms with Crippen molar-refractivity contribution in [1.29, 1.82) is 0 Å². The normalized spacial score (nSPS) is 13.4. The first-order valence-corrected chi connectivity index (χ1v) is 8.14. The van der Waals surface area contributed by atoms with Crippen LogP contribution < -0.4 is 5.32 Å². The van der Waals surface area contributed by atoms with Gasteiger partial charge in [-0.1, -0.05) is 25.5 Å². The SMILES string of the molecule is CCCC(COC)Nc1ccccc1S(=O)(=O)N(C)C. The number of nitrogens with one attached hydrogen (secondary N) is 1. The fraction of sp³-hybridized carbons (Fsp3) is 0.571. The molecule has 0 radical (unpaired) electrons. The van der Waals surface area contributed by atoms with Crippen LogP contribution in [0.25, 0.3) is 0 Å². The van der Waals surface area contributed by atoms with E-state index in [4.69, 9.17) is 4.74 Å². The quantitative estimate of drug-likeness (QED) is 0.799. The van der Waals surface area contributed by atoms with Crippen molar-refractivity contribution in [3.8, 4) is 0 Å². The maximum Gasteiger partial charge on any atom is 0.244 e. The van der Waals surface area contributed by atoms with Crippen LogP contribution in [0.5, 0.6) is 0 Å². The number of rotatable bonds is 8. The van der Waals surface area contributed by atoms with E-state index in [2.05, 4.69) is 12.2 Å². The van der Waals surface area contributed by atoms with Crippen molar-refractivity contribution < 1.29 is 13.2 Å². The fourth-order valence-electron chi connectivity index (χ4n) is 1.97. The number of hydrogen-bond donors (Lipinski definition) is 1. The molecule has 0 bridgehead atoms. The van der Waals surface area contributed by atoms with Gasteiger partial charge in [-0.3, -0.25) is 0 Å². The number of para-hydroxylation sites is 1. The van der Waals surface area contributed by atoms with Crippen LogP contribution in [0.15, 0.2) is 29.2 Å². The molecule has 114 valence electrons. The molecule has 0 aliphatic carbocycles. The molecule has 1 unspecified atom stereocenters. The second-order valence-electron chi connectivity index (χ2n) is 4.87. The Morgan fingerprint density at radius 2 is 1.95 bits per heavy atom. The van der Waals surface area contributed by atoms with Crippen LogP contribution in [0.3, 0.4) is 0 Å². The summed E-state index contributed by atoms with van der Waals surface area (Å²) in [6, 6.07) is 7.06. The molecule has 0 fully saturated rings. The van der Waals surface area contributed by atoms with Crippen LogP contribution in [0.1, 0.15) is 19.8 Å². The zero-order valence-electron chi connectivity index (χ0n) is 12.6. The summed E-state index contributed by atoms with van der Waals surface area (Å²) in [5, 5.41) is 3.28. The Balaban J connectivity index is 3.07. The van der Waals surface area contributed by atoms with Gasteiger partial charge in [0.2, 0.25) is 10.0 Å². The molecule has 20 heavy (non-hydrogen) atoms. The van der Waals surface area contributed by atoms with E-state index >= 15 is 0 Å². The molecular formula is C14H24N2O3S. The molecule has 5 nitrogen and oxygen atoms in total.